The molecular formula is C32H39Cl2N6O2+. The Hall–Kier alpha value is -3.62. The molecule has 0 bridgehead atoms. The van der Waals surface area contributed by atoms with Gasteiger partial charge in [0.15, 0.2) is 5.82 Å². The number of amides is 1. The van der Waals surface area contributed by atoms with Gasteiger partial charge < -0.3 is 14.9 Å². The number of allylic oxidation sites excluding steroid dienone is 10. The van der Waals surface area contributed by atoms with Crippen molar-refractivity contribution in [2.75, 3.05) is 13.6 Å². The Morgan fingerprint density at radius 1 is 0.905 bits per heavy atom. The van der Waals surface area contributed by atoms with Crippen LogP contribution in [0.4, 0.5) is 0 Å². The van der Waals surface area contributed by atoms with Gasteiger partial charge in [0, 0.05) is 37.1 Å². The third-order valence-corrected chi connectivity index (χ3v) is 7.98. The van der Waals surface area contributed by atoms with Crippen molar-refractivity contribution in [2.24, 2.45) is 17.0 Å². The van der Waals surface area contributed by atoms with Crippen LogP contribution in [0.15, 0.2) is 103 Å². The molecule has 0 spiro atoms. The smallest absolute Gasteiger partial charge is 0.360 e. The van der Waals surface area contributed by atoms with E-state index in [-0.39, 0.29) is 11.8 Å². The third kappa shape index (κ3) is 6.71. The fraction of sp³-hybridized carbons (Fsp3) is 0.375. The first-order valence-corrected chi connectivity index (χ1v) is 15.1. The van der Waals surface area contributed by atoms with Gasteiger partial charge in [0.2, 0.25) is 0 Å². The van der Waals surface area contributed by atoms with Crippen LogP contribution in [0, 0.1) is 0 Å². The number of rotatable bonds is 8. The quantitative estimate of drug-likeness (QED) is 0.260. The Morgan fingerprint density at radius 2 is 1.48 bits per heavy atom. The van der Waals surface area contributed by atoms with Crippen molar-refractivity contribution < 1.29 is 14.5 Å². The lowest BCUT2D eigenvalue weighted by Crippen LogP contribution is -2.35. The highest BCUT2D eigenvalue weighted by atomic mass is 35.5. The molecule has 1 aliphatic heterocycles. The lowest BCUT2D eigenvalue weighted by molar-refractivity contribution is -0.673. The van der Waals surface area contributed by atoms with Gasteiger partial charge in [0.05, 0.1) is 35.1 Å². The van der Waals surface area contributed by atoms with Gasteiger partial charge in [-0.1, -0.05) is 49.9 Å². The average molecular weight is 611 g/mol. The normalized spacial score (nSPS) is 22.1. The number of nitrogens with zero attached hydrogens (tertiary/aromatic N) is 6. The summed E-state index contributed by atoms with van der Waals surface area (Å²) in [5.74, 6) is 0.745. The molecule has 10 heteroatoms. The molecule has 0 fully saturated rings. The molecule has 1 amide bonds. The summed E-state index contributed by atoms with van der Waals surface area (Å²) in [6, 6.07) is 0. The van der Waals surface area contributed by atoms with Crippen LogP contribution in [0.3, 0.4) is 0 Å². The van der Waals surface area contributed by atoms with Crippen molar-refractivity contribution in [3.05, 3.63) is 99.0 Å². The zero-order chi connectivity index (χ0) is 30.6. The van der Waals surface area contributed by atoms with Crippen LogP contribution in [0.2, 0.25) is 0 Å². The van der Waals surface area contributed by atoms with Gasteiger partial charge in [-0.05, 0) is 62.1 Å². The first kappa shape index (κ1) is 31.3. The van der Waals surface area contributed by atoms with Gasteiger partial charge in [-0.25, -0.2) is 19.1 Å². The number of hydrogen-bond acceptors (Lipinski definition) is 5. The predicted molar refractivity (Wildman–Crippen MR) is 170 cm³/mol. The highest BCUT2D eigenvalue weighted by molar-refractivity contribution is 6.38. The molecule has 1 aromatic heterocycles. The van der Waals surface area contributed by atoms with E-state index in [1.165, 1.54) is 0 Å². The molecule has 0 saturated heterocycles. The van der Waals surface area contributed by atoms with Gasteiger partial charge >= 0.3 is 11.7 Å². The van der Waals surface area contributed by atoms with Crippen LogP contribution in [-0.4, -0.2) is 50.4 Å². The molecule has 1 aromatic rings. The van der Waals surface area contributed by atoms with E-state index in [4.69, 9.17) is 23.2 Å². The number of aliphatic imine (C=N–C) groups is 2. The first-order valence-electron chi connectivity index (χ1n) is 14.3. The second-order valence-corrected chi connectivity index (χ2v) is 11.5. The number of hydrogen-bond donors (Lipinski definition) is 1. The summed E-state index contributed by atoms with van der Waals surface area (Å²) in [4.78, 5) is 26.0. The van der Waals surface area contributed by atoms with Crippen molar-refractivity contribution in [1.29, 1.82) is 0 Å². The summed E-state index contributed by atoms with van der Waals surface area (Å²) in [6.07, 6.45) is 18.9. The van der Waals surface area contributed by atoms with Crippen LogP contribution in [0.5, 0.6) is 0 Å². The Labute approximate surface area is 258 Å². The molecule has 2 heterocycles. The summed E-state index contributed by atoms with van der Waals surface area (Å²) in [5, 5.41) is 11.8. The maximum atomic E-state index is 13.2. The highest BCUT2D eigenvalue weighted by Gasteiger charge is 2.26. The summed E-state index contributed by atoms with van der Waals surface area (Å²) in [7, 11) is 3.72. The second-order valence-electron chi connectivity index (χ2n) is 10.6. The molecule has 3 aliphatic rings. The third-order valence-electron chi connectivity index (χ3n) is 7.36. The minimum atomic E-state index is -0.323. The Balaban J connectivity index is 1.63. The first-order chi connectivity index (χ1) is 20.0. The molecule has 1 N–H and O–H groups in total. The van der Waals surface area contributed by atoms with Crippen LogP contribution in [0.25, 0.3) is 0 Å². The fourth-order valence-electron chi connectivity index (χ4n) is 4.95. The average Bonchev–Trinajstić information content (AvgIpc) is 3.51. The Kier molecular flexibility index (Phi) is 10.1. The standard InChI is InChI=1S/C32H38Cl2N6O2/c1-7-9-11-39-15-13-37(5)31(39)29(41)35-27-19-25(33)23(17-21(27)3)24-18-22(4)28(20-26(24)34)36-30(42)32-38(6)14-16-40(32)12-10-8-2/h13-20H,7-12H2,1-6H3/p+1. The van der Waals surface area contributed by atoms with Gasteiger partial charge in [-0.2, -0.15) is 0 Å². The molecule has 0 atom stereocenters. The SMILES string of the molecule is CCCCN1C=CN(C)C1=C(O)N=C1C=C(Cl)C(=C2C=C(C)C(=NC(=O)c3n(CCCC)cc[n+]3C)C=C2Cl)C=C1C. The zero-order valence-corrected chi connectivity index (χ0v) is 26.7. The van der Waals surface area contributed by atoms with Gasteiger partial charge in [0.1, 0.15) is 12.4 Å². The number of aliphatic hydroxyl groups is 1. The number of carbonyl (C=O) groups is 1. The molecule has 0 saturated carbocycles. The van der Waals surface area contributed by atoms with E-state index in [9.17, 15) is 9.90 Å². The van der Waals surface area contributed by atoms with Gasteiger partial charge in [-0.15, -0.1) is 0 Å². The maximum Gasteiger partial charge on any atom is 0.360 e. The fourth-order valence-corrected chi connectivity index (χ4v) is 5.46. The van der Waals surface area contributed by atoms with E-state index in [1.54, 1.807) is 16.7 Å². The topological polar surface area (TPSA) is 77.3 Å². The molecule has 0 unspecified atom stereocenters. The molecule has 42 heavy (non-hydrogen) atoms. The molecule has 4 rings (SSSR count). The molecule has 0 radical (unpaired) electrons. The highest BCUT2D eigenvalue weighted by Crippen LogP contribution is 2.35. The minimum Gasteiger partial charge on any atom is -0.491 e. The van der Waals surface area contributed by atoms with E-state index in [0.29, 0.717) is 33.1 Å². The lowest BCUT2D eigenvalue weighted by Gasteiger charge is -2.22. The maximum absolute atomic E-state index is 13.2. The number of imidazole rings is 1. The number of unbranched alkanes of at least 4 members (excludes halogenated alkanes) is 2. The lowest BCUT2D eigenvalue weighted by atomic mass is 9.92. The number of aliphatic hydroxyl groups excluding tert-OH is 1. The van der Waals surface area contributed by atoms with Crippen LogP contribution in [0.1, 0.15) is 64.0 Å². The van der Waals surface area contributed by atoms with Crippen molar-refractivity contribution >= 4 is 40.5 Å². The number of aromatic nitrogens is 2. The summed E-state index contributed by atoms with van der Waals surface area (Å²) >= 11 is 13.5. The summed E-state index contributed by atoms with van der Waals surface area (Å²) in [5.41, 5.74) is 4.16. The zero-order valence-electron chi connectivity index (χ0n) is 25.2. The largest absolute Gasteiger partial charge is 0.491 e. The molecule has 8 nitrogen and oxygen atoms in total. The van der Waals surface area contributed by atoms with Gasteiger partial charge in [-0.3, -0.25) is 4.79 Å². The molecule has 222 valence electrons. The Morgan fingerprint density at radius 3 is 2.07 bits per heavy atom. The monoisotopic (exact) mass is 609 g/mol. The summed E-state index contributed by atoms with van der Waals surface area (Å²) < 4.78 is 3.73. The molecule has 0 aromatic carbocycles. The van der Waals surface area contributed by atoms with E-state index >= 15 is 0 Å². The van der Waals surface area contributed by atoms with Gasteiger partial charge in [0.25, 0.3) is 5.88 Å². The van der Waals surface area contributed by atoms with Crippen LogP contribution < -0.4 is 4.57 Å². The number of carbonyl (C=O) groups excluding carboxylic acids is 1. The minimum absolute atomic E-state index is 0.0794. The molecule has 2 aliphatic carbocycles. The number of halogens is 2. The van der Waals surface area contributed by atoms with E-state index < -0.39 is 0 Å². The van der Waals surface area contributed by atoms with Crippen molar-refractivity contribution in [1.82, 2.24) is 14.4 Å². The van der Waals surface area contributed by atoms with E-state index in [0.717, 1.165) is 61.1 Å². The predicted octanol–water partition coefficient (Wildman–Crippen LogP) is 6.80. The molecular weight excluding hydrogens is 571 g/mol. The van der Waals surface area contributed by atoms with Crippen molar-refractivity contribution in [3.63, 3.8) is 0 Å². The number of aryl methyl sites for hydroxylation is 2. The van der Waals surface area contributed by atoms with E-state index in [1.807, 2.05) is 79.3 Å². The van der Waals surface area contributed by atoms with Crippen molar-refractivity contribution in [3.8, 4) is 0 Å². The summed E-state index contributed by atoms with van der Waals surface area (Å²) in [6.45, 7) is 9.61. The Bertz CT molecular complexity index is 1550. The van der Waals surface area contributed by atoms with E-state index in [2.05, 4.69) is 23.8 Å². The van der Waals surface area contributed by atoms with Crippen LogP contribution >= 0.6 is 23.2 Å². The second kappa shape index (κ2) is 13.6. The van der Waals surface area contributed by atoms with Crippen molar-refractivity contribution in [2.45, 2.75) is 59.9 Å². The van der Waals surface area contributed by atoms with Crippen LogP contribution in [-0.2, 0) is 13.6 Å².